The third kappa shape index (κ3) is 29.6. The lowest BCUT2D eigenvalue weighted by molar-refractivity contribution is -0.146. The second-order valence-corrected chi connectivity index (χ2v) is 24.8. The molecule has 0 amide bonds. The largest absolute Gasteiger partial charge is 0.507 e. The summed E-state index contributed by atoms with van der Waals surface area (Å²) in [6, 6.07) is 35.5. The predicted octanol–water partition coefficient (Wildman–Crippen LogP) is 20.0. The monoisotopic (exact) mass is 1530 g/mol. The van der Waals surface area contributed by atoms with E-state index in [9.17, 15) is 43.2 Å². The molecule has 0 heterocycles. The Morgan fingerprint density at radius 1 is 0.369 bits per heavy atom. The summed E-state index contributed by atoms with van der Waals surface area (Å²) >= 11 is 0. The molecule has 8 rings (SSSR count). The predicted molar refractivity (Wildman–Crippen MR) is 438 cm³/mol. The summed E-state index contributed by atoms with van der Waals surface area (Å²) in [4.78, 5) is 108. The number of carbonyl (C=O) groups excluding carboxylic acids is 9. The maximum atomic E-state index is 13.2. The number of aryl methyl sites for hydroxylation is 4. The third-order valence-corrected chi connectivity index (χ3v) is 16.3. The lowest BCUT2D eigenvalue weighted by Crippen LogP contribution is -2.16. The summed E-state index contributed by atoms with van der Waals surface area (Å²) in [6.45, 7) is 35.5. The molecule has 0 N–H and O–H groups in total. The molecule has 0 radical (unpaired) electrons. The first-order valence-corrected chi connectivity index (χ1v) is 32.5. The molecule has 1 aliphatic rings. The molecule has 111 heavy (non-hydrogen) atoms. The van der Waals surface area contributed by atoms with Gasteiger partial charge in [0, 0.05) is 40.5 Å². The second-order valence-electron chi connectivity index (χ2n) is 24.8. The van der Waals surface area contributed by atoms with Gasteiger partial charge in [0.25, 0.3) is 0 Å². The Kier molecular flexibility index (Phi) is 44.5. The van der Waals surface area contributed by atoms with Gasteiger partial charge in [0.2, 0.25) is 13.6 Å². The van der Waals surface area contributed by atoms with E-state index in [1.54, 1.807) is 102 Å². The molecule has 0 fully saturated rings. The van der Waals surface area contributed by atoms with E-state index in [1.165, 1.54) is 14.2 Å². The fraction of sp³-hybridized carbons (Fsp3) is 0.344. The number of carbonyl (C=O) groups is 9. The molecule has 7 aromatic rings. The van der Waals surface area contributed by atoms with Crippen LogP contribution in [0, 0.1) is 41.5 Å². The van der Waals surface area contributed by atoms with Crippen LogP contribution in [-0.4, -0.2) is 94.9 Å². The highest BCUT2D eigenvalue weighted by Gasteiger charge is 2.37. The second kappa shape index (κ2) is 47.8. The number of methoxy groups -OCH3 is 2. The van der Waals surface area contributed by atoms with Crippen LogP contribution in [-0.2, 0) is 88.3 Å². The van der Waals surface area contributed by atoms with E-state index in [4.69, 9.17) is 47.4 Å². The summed E-state index contributed by atoms with van der Waals surface area (Å²) in [5, 5.41) is 0. The van der Waals surface area contributed by atoms with Crippen molar-refractivity contribution < 1.29 is 100.0 Å². The van der Waals surface area contributed by atoms with Gasteiger partial charge < -0.3 is 56.8 Å². The van der Waals surface area contributed by atoms with Crippen molar-refractivity contribution in [3.63, 3.8) is 0 Å². The van der Waals surface area contributed by atoms with Gasteiger partial charge in [0.05, 0.1) is 51.4 Å². The number of benzene rings is 7. The first-order chi connectivity index (χ1) is 48.7. The van der Waals surface area contributed by atoms with Crippen molar-refractivity contribution in [1.29, 1.82) is 0 Å². The lowest BCUT2D eigenvalue weighted by atomic mass is 9.82. The molecular formula is C90H118O21. The van der Waals surface area contributed by atoms with Crippen LogP contribution in [0.15, 0.2) is 170 Å². The molecule has 604 valence electrons. The van der Waals surface area contributed by atoms with Gasteiger partial charge in [0.15, 0.2) is 0 Å². The van der Waals surface area contributed by atoms with Crippen molar-refractivity contribution in [3.8, 4) is 45.6 Å². The van der Waals surface area contributed by atoms with E-state index in [1.807, 2.05) is 88.4 Å². The van der Waals surface area contributed by atoms with Crippen LogP contribution < -0.4 is 28.4 Å². The van der Waals surface area contributed by atoms with E-state index in [0.29, 0.717) is 91.9 Å². The Hall–Kier alpha value is -11.9. The first-order valence-electron chi connectivity index (χ1n) is 32.5. The van der Waals surface area contributed by atoms with Gasteiger partial charge in [0.1, 0.15) is 34.5 Å². The third-order valence-electron chi connectivity index (χ3n) is 16.3. The lowest BCUT2D eigenvalue weighted by Gasteiger charge is -2.22. The fourth-order valence-electron chi connectivity index (χ4n) is 10.3. The average molecular weight is 1540 g/mol. The number of hydrogen-bond donors (Lipinski definition) is 0. The van der Waals surface area contributed by atoms with E-state index >= 15 is 0 Å². The molecule has 0 aromatic heterocycles. The van der Waals surface area contributed by atoms with Gasteiger partial charge in [-0.25, -0.2) is 33.6 Å². The van der Waals surface area contributed by atoms with Gasteiger partial charge in [-0.15, -0.1) is 0 Å². The molecule has 0 bridgehead atoms. The van der Waals surface area contributed by atoms with Crippen LogP contribution in [0.2, 0.25) is 0 Å². The summed E-state index contributed by atoms with van der Waals surface area (Å²) in [7, 11) is 2.51. The highest BCUT2D eigenvalue weighted by molar-refractivity contribution is 5.95. The molecule has 1 aliphatic carbocycles. The molecule has 21 nitrogen and oxygen atoms in total. The molecule has 0 aliphatic heterocycles. The van der Waals surface area contributed by atoms with Crippen LogP contribution in [0.5, 0.6) is 34.5 Å². The maximum absolute atomic E-state index is 13.2. The van der Waals surface area contributed by atoms with Crippen molar-refractivity contribution in [2.45, 2.75) is 174 Å². The van der Waals surface area contributed by atoms with Crippen LogP contribution in [0.3, 0.4) is 0 Å². The summed E-state index contributed by atoms with van der Waals surface area (Å²) < 4.78 is 62.2. The quantitative estimate of drug-likeness (QED) is 0.0160. The summed E-state index contributed by atoms with van der Waals surface area (Å²) in [5.74, 6) is -1.40. The Balaban J connectivity index is -0.00000184. The molecule has 0 saturated carbocycles. The molecule has 0 saturated heterocycles. The average Bonchev–Trinajstić information content (AvgIpc) is 1.58. The SMILES string of the molecule is C.C.C.C.C.C.C.C.C=C(C)C(=O)OCCc1ccc(CC(=O)Oc2ccc(OC(=O)Cc3ccc(CCOC(=O)C(=C)C)cc3C)c(C)c2C)c(C)c1.C=C(C)C(=O)OCOc1ccc(C(=O)Oc2ccc3c(c2)C(C)(C)c2cc(OC(=O)c4ccc(OCOC(=O)C(=C)C)cc4C)ccc2-3)c(C)c1.COC(=O)OC. The highest BCUT2D eigenvalue weighted by atomic mass is 16.7. The standard InChI is InChI=1S/C41H38O10.C38H42O8.C3H6O3.8CH4/c1-23(2)37(42)48-21-46-27-9-13-31(25(5)17-27)39(44)50-29-11-15-33-34-16-12-30(20-36(34)41(7,8)35(33)19-29)51-40(45)32-14-10-28(18-26(32)6)47-22-49-38(43)24(3)4;1-23(2)37(41)43-17-15-29-9-11-31(25(5)19-29)21-35(39)45-33-13-14-34(28(8)27(33)7)46-36(40)22-32-12-10-30(20-26(32)6)16-18-44-38(42)24(3)4;1-5-3(4)6-2;;;;;;;;/h9-20H,1,3,21-22H2,2,4-8H3;9-14,19-20H,1,3,15-18,21-22H2,2,4-8H3;1-2H3;8*1H4. The normalized spacial score (nSPS) is 10.3. The Morgan fingerprint density at radius 2 is 0.694 bits per heavy atom. The number of fused-ring (bicyclic) bond motifs is 3. The van der Waals surface area contributed by atoms with Crippen LogP contribution >= 0.6 is 0 Å². The maximum Gasteiger partial charge on any atom is 0.507 e. The van der Waals surface area contributed by atoms with Gasteiger partial charge in [-0.3, -0.25) is 9.59 Å². The van der Waals surface area contributed by atoms with E-state index in [0.717, 1.165) is 55.6 Å². The van der Waals surface area contributed by atoms with Gasteiger partial charge in [-0.05, 0) is 220 Å². The Bertz CT molecular complexity index is 4180. The van der Waals surface area contributed by atoms with Gasteiger partial charge >= 0.3 is 53.9 Å². The first kappa shape index (κ1) is 103. The molecule has 7 aromatic carbocycles. The zero-order valence-electron chi connectivity index (χ0n) is 60.6. The van der Waals surface area contributed by atoms with Crippen LogP contribution in [0.1, 0.15) is 188 Å². The van der Waals surface area contributed by atoms with Crippen molar-refractivity contribution >= 4 is 53.9 Å². The van der Waals surface area contributed by atoms with Crippen LogP contribution in [0.4, 0.5) is 4.79 Å². The van der Waals surface area contributed by atoms with Crippen molar-refractivity contribution in [3.05, 3.63) is 248 Å². The van der Waals surface area contributed by atoms with Crippen LogP contribution in [0.25, 0.3) is 11.1 Å². The molecule has 0 unspecified atom stereocenters. The Labute approximate surface area is 658 Å². The molecule has 0 spiro atoms. The fourth-order valence-corrected chi connectivity index (χ4v) is 10.3. The zero-order valence-corrected chi connectivity index (χ0v) is 60.6. The number of esters is 8. The van der Waals surface area contributed by atoms with Crippen molar-refractivity contribution in [2.24, 2.45) is 0 Å². The van der Waals surface area contributed by atoms with Gasteiger partial charge in [-0.2, -0.15) is 0 Å². The summed E-state index contributed by atoms with van der Waals surface area (Å²) in [5.41, 5.74) is 13.5. The van der Waals surface area contributed by atoms with E-state index in [-0.39, 0.29) is 110 Å². The molecule has 0 atom stereocenters. The highest BCUT2D eigenvalue weighted by Crippen LogP contribution is 2.51. The minimum absolute atomic E-state index is 0. The van der Waals surface area contributed by atoms with E-state index in [2.05, 4.69) is 49.6 Å². The van der Waals surface area contributed by atoms with Gasteiger partial charge in [-0.1, -0.05) is 148 Å². The summed E-state index contributed by atoms with van der Waals surface area (Å²) in [6.07, 6.45) is 0.632. The number of hydrogen-bond acceptors (Lipinski definition) is 21. The van der Waals surface area contributed by atoms with Crippen molar-refractivity contribution in [2.75, 3.05) is 41.0 Å². The zero-order chi connectivity index (χ0) is 76.0. The minimum Gasteiger partial charge on any atom is -0.462 e. The smallest absolute Gasteiger partial charge is 0.462 e. The number of rotatable bonds is 26. The molecular weight excluding hydrogens is 1420 g/mol. The molecule has 21 heteroatoms. The minimum atomic E-state index is -0.657. The topological polar surface area (TPSA) is 264 Å². The van der Waals surface area contributed by atoms with Crippen molar-refractivity contribution in [1.82, 2.24) is 0 Å². The van der Waals surface area contributed by atoms with E-state index < -0.39 is 59.3 Å². The Morgan fingerprint density at radius 3 is 0.991 bits per heavy atom. The number of ether oxygens (including phenoxy) is 12.